The average molecular weight is 178 g/mol. The van der Waals surface area contributed by atoms with Gasteiger partial charge in [0.05, 0.1) is 6.61 Å². The smallest absolute Gasteiger partial charge is 0.448 e. The molecule has 0 aromatic heterocycles. The number of rotatable bonds is 4. The molecule has 0 saturated heterocycles. The molecule has 0 unspecified atom stereocenters. The van der Waals surface area contributed by atoms with E-state index >= 15 is 0 Å². The number of hydrogen-bond acceptors (Lipinski definition) is 3. The molecule has 0 aliphatic carbocycles. The summed E-state index contributed by atoms with van der Waals surface area (Å²) < 4.78 is 0. The first kappa shape index (κ1) is 10.4. The van der Waals surface area contributed by atoms with E-state index in [1.54, 1.807) is 0 Å². The van der Waals surface area contributed by atoms with E-state index in [0.29, 0.717) is 6.61 Å². The molecule has 0 heterocycles. The Kier molecular flexibility index (Phi) is 4.13. The zero-order valence-corrected chi connectivity index (χ0v) is 8.09. The van der Waals surface area contributed by atoms with Gasteiger partial charge in [0.25, 0.3) is 0 Å². The first-order chi connectivity index (χ1) is 4.92. The summed E-state index contributed by atoms with van der Waals surface area (Å²) in [5.74, 6) is 0. The van der Waals surface area contributed by atoms with Crippen molar-refractivity contribution in [2.75, 3.05) is 6.61 Å². The van der Waals surface area contributed by atoms with Gasteiger partial charge in [-0.1, -0.05) is 19.6 Å². The largest absolute Gasteiger partial charge is 0.537 e. The van der Waals surface area contributed by atoms with E-state index < -0.39 is 14.2 Å². The van der Waals surface area contributed by atoms with E-state index in [4.69, 9.17) is 5.11 Å². The maximum Gasteiger partial charge on any atom is 0.537 e. The minimum atomic E-state index is -1.39. The molecule has 1 N–H and O–H groups in total. The molecule has 0 rings (SSSR count). The van der Waals surface area contributed by atoms with Gasteiger partial charge in [0.2, 0.25) is 0 Å². The lowest BCUT2D eigenvalue weighted by Gasteiger charge is -2.13. The Morgan fingerprint density at radius 1 is 1.45 bits per heavy atom. The highest BCUT2D eigenvalue weighted by Crippen LogP contribution is 2.07. The van der Waals surface area contributed by atoms with E-state index in [2.05, 4.69) is 29.4 Å². The lowest BCUT2D eigenvalue weighted by molar-refractivity contribution is -0.247. The van der Waals surface area contributed by atoms with Crippen molar-refractivity contribution in [1.82, 2.24) is 0 Å². The van der Waals surface area contributed by atoms with Crippen molar-refractivity contribution in [2.24, 2.45) is 0 Å². The predicted octanol–water partition coefficient (Wildman–Crippen LogP) is 1.95. The SMILES string of the molecule is C[Si](C)(C)CCOOC(=O)O. The summed E-state index contributed by atoms with van der Waals surface area (Å²) in [6.07, 6.45) is -1.39. The second-order valence-corrected chi connectivity index (χ2v) is 9.10. The second kappa shape index (κ2) is 4.35. The Morgan fingerprint density at radius 2 is 2.00 bits per heavy atom. The van der Waals surface area contributed by atoms with Gasteiger partial charge in [0, 0.05) is 8.07 Å². The van der Waals surface area contributed by atoms with Crippen molar-refractivity contribution < 1.29 is 19.7 Å². The van der Waals surface area contributed by atoms with Crippen molar-refractivity contribution in [3.8, 4) is 0 Å². The fourth-order valence-corrected chi connectivity index (χ4v) is 1.14. The maximum atomic E-state index is 9.79. The summed E-state index contributed by atoms with van der Waals surface area (Å²) in [6.45, 7) is 6.90. The van der Waals surface area contributed by atoms with Crippen LogP contribution in [0.1, 0.15) is 0 Å². The van der Waals surface area contributed by atoms with Crippen LogP contribution in [-0.4, -0.2) is 25.9 Å². The molecule has 0 aromatic carbocycles. The van der Waals surface area contributed by atoms with Crippen LogP contribution in [0.25, 0.3) is 0 Å². The quantitative estimate of drug-likeness (QED) is 0.309. The fraction of sp³-hybridized carbons (Fsp3) is 0.833. The summed E-state index contributed by atoms with van der Waals surface area (Å²) in [5.41, 5.74) is 0. The monoisotopic (exact) mass is 178 g/mol. The van der Waals surface area contributed by atoms with E-state index in [9.17, 15) is 4.79 Å². The molecular weight excluding hydrogens is 164 g/mol. The van der Waals surface area contributed by atoms with Crippen molar-refractivity contribution in [3.05, 3.63) is 0 Å². The summed E-state index contributed by atoms with van der Waals surface area (Å²) in [7, 11) is -1.13. The van der Waals surface area contributed by atoms with Gasteiger partial charge in [-0.15, -0.1) is 0 Å². The summed E-state index contributed by atoms with van der Waals surface area (Å²) in [6, 6.07) is 0.903. The summed E-state index contributed by atoms with van der Waals surface area (Å²) >= 11 is 0. The lowest BCUT2D eigenvalue weighted by atomic mass is 10.9. The molecule has 0 saturated carbocycles. The van der Waals surface area contributed by atoms with Crippen LogP contribution in [0, 0.1) is 0 Å². The predicted molar refractivity (Wildman–Crippen MR) is 43.2 cm³/mol. The molecule has 0 radical (unpaired) electrons. The van der Waals surface area contributed by atoms with Gasteiger partial charge in [0.1, 0.15) is 0 Å². The molecule has 66 valence electrons. The third-order valence-corrected chi connectivity index (χ3v) is 2.77. The normalized spacial score (nSPS) is 11.2. The summed E-state index contributed by atoms with van der Waals surface area (Å²) in [5, 5.41) is 8.01. The van der Waals surface area contributed by atoms with Crippen LogP contribution in [0.15, 0.2) is 0 Å². The number of hydrogen-bond donors (Lipinski definition) is 1. The van der Waals surface area contributed by atoms with Gasteiger partial charge >= 0.3 is 6.16 Å². The molecule has 4 nitrogen and oxygen atoms in total. The minimum absolute atomic E-state index is 0.363. The molecule has 5 heteroatoms. The van der Waals surface area contributed by atoms with E-state index in [1.807, 2.05) is 0 Å². The summed E-state index contributed by atoms with van der Waals surface area (Å²) in [4.78, 5) is 18.1. The fourth-order valence-electron chi connectivity index (χ4n) is 0.440. The van der Waals surface area contributed by atoms with Crippen LogP contribution in [0.3, 0.4) is 0 Å². The molecule has 0 spiro atoms. The molecule has 0 atom stereocenters. The second-order valence-electron chi connectivity index (χ2n) is 3.48. The molecule has 0 amide bonds. The molecule has 0 bridgehead atoms. The van der Waals surface area contributed by atoms with Crippen molar-refractivity contribution in [3.63, 3.8) is 0 Å². The zero-order valence-electron chi connectivity index (χ0n) is 7.09. The molecule has 11 heavy (non-hydrogen) atoms. The van der Waals surface area contributed by atoms with Crippen LogP contribution in [0.5, 0.6) is 0 Å². The Morgan fingerprint density at radius 3 is 2.36 bits per heavy atom. The number of carbonyl (C=O) groups is 1. The maximum absolute atomic E-state index is 9.79. The minimum Gasteiger partial charge on any atom is -0.448 e. The van der Waals surface area contributed by atoms with Gasteiger partial charge < -0.3 is 5.11 Å². The topological polar surface area (TPSA) is 55.8 Å². The van der Waals surface area contributed by atoms with Gasteiger partial charge in [0.15, 0.2) is 0 Å². The van der Waals surface area contributed by atoms with Crippen molar-refractivity contribution in [2.45, 2.75) is 25.7 Å². The Hall–Kier alpha value is -0.553. The van der Waals surface area contributed by atoms with Crippen molar-refractivity contribution in [1.29, 1.82) is 0 Å². The van der Waals surface area contributed by atoms with Gasteiger partial charge in [-0.25, -0.2) is 4.79 Å². The Balaban J connectivity index is 3.22. The lowest BCUT2D eigenvalue weighted by Crippen LogP contribution is -2.22. The van der Waals surface area contributed by atoms with E-state index in [-0.39, 0.29) is 0 Å². The highest BCUT2D eigenvalue weighted by atomic mass is 28.3. The average Bonchev–Trinajstić information content (AvgIpc) is 1.78. The zero-order chi connectivity index (χ0) is 8.91. The first-order valence-corrected chi connectivity index (χ1v) is 7.15. The molecule has 0 aliphatic rings. The molecule has 0 fully saturated rings. The molecule has 0 aliphatic heterocycles. The third kappa shape index (κ3) is 9.45. The van der Waals surface area contributed by atoms with Crippen molar-refractivity contribution >= 4 is 14.2 Å². The van der Waals surface area contributed by atoms with Gasteiger partial charge in [-0.3, -0.25) is 4.89 Å². The van der Waals surface area contributed by atoms with Crippen LogP contribution in [0.4, 0.5) is 4.79 Å². The van der Waals surface area contributed by atoms with Crippen LogP contribution < -0.4 is 0 Å². The Labute approximate surface area is 67.1 Å². The number of carboxylic acid groups (broad SMARTS) is 1. The third-order valence-electron chi connectivity index (χ3n) is 1.07. The van der Waals surface area contributed by atoms with Crippen LogP contribution >= 0.6 is 0 Å². The van der Waals surface area contributed by atoms with E-state index in [0.717, 1.165) is 6.04 Å². The van der Waals surface area contributed by atoms with E-state index in [1.165, 1.54) is 0 Å². The molecule has 0 aromatic rings. The Bertz CT molecular complexity index is 129. The van der Waals surface area contributed by atoms with Crippen LogP contribution in [-0.2, 0) is 9.78 Å². The van der Waals surface area contributed by atoms with Gasteiger partial charge in [-0.05, 0) is 6.04 Å². The first-order valence-electron chi connectivity index (χ1n) is 3.44. The van der Waals surface area contributed by atoms with Gasteiger partial charge in [-0.2, -0.15) is 4.89 Å². The highest BCUT2D eigenvalue weighted by molar-refractivity contribution is 6.76. The standard InChI is InChI=1S/C6H14O4Si/c1-11(2,3)5-4-9-10-6(7)8/h4-5H2,1-3H3,(H,7,8). The molecular formula is C6H14O4Si. The highest BCUT2D eigenvalue weighted by Gasteiger charge is 2.12. The van der Waals surface area contributed by atoms with Crippen LogP contribution in [0.2, 0.25) is 25.7 Å².